The van der Waals surface area contributed by atoms with Crippen LogP contribution < -0.4 is 0 Å². The van der Waals surface area contributed by atoms with Crippen molar-refractivity contribution in [2.24, 2.45) is 23.2 Å². The molecule has 0 aromatic heterocycles. The van der Waals surface area contributed by atoms with Gasteiger partial charge in [0.05, 0.1) is 5.60 Å². The van der Waals surface area contributed by atoms with Crippen LogP contribution in [0, 0.1) is 23.2 Å². The average Bonchev–Trinajstić information content (AvgIpc) is 2.14. The van der Waals surface area contributed by atoms with Crippen molar-refractivity contribution in [2.45, 2.75) is 71.8 Å². The molecule has 2 aliphatic carbocycles. The predicted octanol–water partition coefficient (Wildman–Crippen LogP) is 4.00. The number of aliphatic hydroxyl groups is 1. The highest BCUT2D eigenvalue weighted by molar-refractivity contribution is 5.03. The highest BCUT2D eigenvalue weighted by atomic mass is 16.3. The van der Waals surface area contributed by atoms with Crippen LogP contribution >= 0.6 is 0 Å². The molecule has 1 N–H and O–H groups in total. The Labute approximate surface area is 101 Å². The van der Waals surface area contributed by atoms with Crippen molar-refractivity contribution in [3.05, 3.63) is 0 Å². The summed E-state index contributed by atoms with van der Waals surface area (Å²) >= 11 is 0. The van der Waals surface area contributed by atoms with Crippen LogP contribution in [0.25, 0.3) is 0 Å². The molecule has 0 aromatic carbocycles. The van der Waals surface area contributed by atoms with E-state index in [4.69, 9.17) is 0 Å². The van der Waals surface area contributed by atoms with Gasteiger partial charge >= 0.3 is 0 Å². The van der Waals surface area contributed by atoms with Crippen molar-refractivity contribution in [1.82, 2.24) is 0 Å². The Morgan fingerprint density at radius 3 is 2.06 bits per heavy atom. The predicted molar refractivity (Wildman–Crippen MR) is 68.3 cm³/mol. The van der Waals surface area contributed by atoms with Crippen molar-refractivity contribution in [1.29, 1.82) is 0 Å². The molecule has 3 atom stereocenters. The summed E-state index contributed by atoms with van der Waals surface area (Å²) in [6.07, 6.45) is 7.46. The van der Waals surface area contributed by atoms with Crippen LogP contribution in [0.2, 0.25) is 0 Å². The van der Waals surface area contributed by atoms with Gasteiger partial charge in [0.1, 0.15) is 0 Å². The van der Waals surface area contributed by atoms with Gasteiger partial charge in [-0.1, -0.05) is 20.8 Å². The molecule has 1 heteroatoms. The second-order valence-electron chi connectivity index (χ2n) is 7.07. The normalized spacial score (nSPS) is 47.4. The molecule has 94 valence electrons. The Balaban J connectivity index is 2.28. The Hall–Kier alpha value is -0.0400. The lowest BCUT2D eigenvalue weighted by molar-refractivity contribution is -0.142. The van der Waals surface area contributed by atoms with Crippen LogP contribution in [-0.4, -0.2) is 10.7 Å². The summed E-state index contributed by atoms with van der Waals surface area (Å²) in [6.45, 7) is 8.98. The molecule has 2 rings (SSSR count). The van der Waals surface area contributed by atoms with E-state index in [-0.39, 0.29) is 5.41 Å². The molecule has 0 saturated heterocycles. The Kier molecular flexibility index (Phi) is 3.11. The standard InChI is InChI=1S/C15H28O/c1-5-14(4,16)15-8-11(2)6-13(10-15)7-12(3)9-15/h11-13,16H,5-10H2,1-4H3. The maximum absolute atomic E-state index is 10.8. The van der Waals surface area contributed by atoms with E-state index in [1.165, 1.54) is 32.1 Å². The molecule has 2 bridgehead atoms. The summed E-state index contributed by atoms with van der Waals surface area (Å²) in [5.41, 5.74) is -0.226. The Morgan fingerprint density at radius 1 is 1.12 bits per heavy atom. The van der Waals surface area contributed by atoms with Crippen LogP contribution in [-0.2, 0) is 0 Å². The van der Waals surface area contributed by atoms with Gasteiger partial charge in [0.25, 0.3) is 0 Å². The van der Waals surface area contributed by atoms with Gasteiger partial charge in [-0.3, -0.25) is 0 Å². The van der Waals surface area contributed by atoms with Crippen molar-refractivity contribution in [2.75, 3.05) is 0 Å². The maximum atomic E-state index is 10.8. The largest absolute Gasteiger partial charge is 0.390 e. The first-order valence-electron chi connectivity index (χ1n) is 7.11. The van der Waals surface area contributed by atoms with E-state index in [0.717, 1.165) is 24.2 Å². The first-order chi connectivity index (χ1) is 7.38. The van der Waals surface area contributed by atoms with Crippen molar-refractivity contribution < 1.29 is 5.11 Å². The first kappa shape index (κ1) is 12.4. The van der Waals surface area contributed by atoms with Gasteiger partial charge in [-0.05, 0) is 68.6 Å². The topological polar surface area (TPSA) is 20.2 Å². The van der Waals surface area contributed by atoms with Gasteiger partial charge in [0.15, 0.2) is 0 Å². The molecule has 1 nitrogen and oxygen atoms in total. The van der Waals surface area contributed by atoms with Crippen molar-refractivity contribution >= 4 is 0 Å². The molecule has 16 heavy (non-hydrogen) atoms. The second kappa shape index (κ2) is 4.01. The third-order valence-electron chi connectivity index (χ3n) is 5.46. The Bertz CT molecular complexity index is 237. The highest BCUT2D eigenvalue weighted by Crippen LogP contribution is 2.58. The SMILES string of the molecule is CCC(C)(O)C12CC(C)CC(CC(C)C1)C2. The van der Waals surface area contributed by atoms with E-state index in [0.29, 0.717) is 0 Å². The summed E-state index contributed by atoms with van der Waals surface area (Å²) in [4.78, 5) is 0. The van der Waals surface area contributed by atoms with E-state index < -0.39 is 5.60 Å². The first-order valence-corrected chi connectivity index (χ1v) is 7.11. The molecule has 0 heterocycles. The van der Waals surface area contributed by atoms with Gasteiger partial charge in [-0.15, -0.1) is 0 Å². The van der Waals surface area contributed by atoms with Crippen LogP contribution in [0.4, 0.5) is 0 Å². The number of hydrogen-bond donors (Lipinski definition) is 1. The lowest BCUT2D eigenvalue weighted by Gasteiger charge is -2.56. The maximum Gasteiger partial charge on any atom is 0.0673 e. The fourth-order valence-electron chi connectivity index (χ4n) is 4.74. The van der Waals surface area contributed by atoms with Gasteiger partial charge in [0, 0.05) is 0 Å². The van der Waals surface area contributed by atoms with Crippen LogP contribution in [0.15, 0.2) is 0 Å². The Morgan fingerprint density at radius 2 is 1.62 bits per heavy atom. The van der Waals surface area contributed by atoms with Crippen LogP contribution in [0.1, 0.15) is 66.2 Å². The third-order valence-corrected chi connectivity index (χ3v) is 5.46. The lowest BCUT2D eigenvalue weighted by atomic mass is 9.51. The molecule has 3 unspecified atom stereocenters. The van der Waals surface area contributed by atoms with Gasteiger partial charge in [-0.2, -0.15) is 0 Å². The van der Waals surface area contributed by atoms with E-state index in [2.05, 4.69) is 27.7 Å². The number of rotatable bonds is 2. The van der Waals surface area contributed by atoms with E-state index in [1.54, 1.807) is 0 Å². The quantitative estimate of drug-likeness (QED) is 0.751. The molecule has 2 fully saturated rings. The van der Waals surface area contributed by atoms with E-state index in [1.807, 2.05) is 0 Å². The summed E-state index contributed by atoms with van der Waals surface area (Å²) < 4.78 is 0. The second-order valence-corrected chi connectivity index (χ2v) is 7.07. The fraction of sp³-hybridized carbons (Fsp3) is 1.00. The number of fused-ring (bicyclic) bond motifs is 2. The average molecular weight is 224 g/mol. The van der Waals surface area contributed by atoms with Gasteiger partial charge in [0.2, 0.25) is 0 Å². The summed E-state index contributed by atoms with van der Waals surface area (Å²) in [6, 6.07) is 0. The molecule has 0 aliphatic heterocycles. The van der Waals surface area contributed by atoms with Crippen LogP contribution in [0.5, 0.6) is 0 Å². The number of hydrogen-bond acceptors (Lipinski definition) is 1. The molecular formula is C15H28O. The molecule has 0 spiro atoms. The zero-order valence-corrected chi connectivity index (χ0v) is 11.4. The smallest absolute Gasteiger partial charge is 0.0673 e. The lowest BCUT2D eigenvalue weighted by Crippen LogP contribution is -2.53. The molecule has 2 saturated carbocycles. The summed E-state index contributed by atoms with van der Waals surface area (Å²) in [5, 5.41) is 10.8. The molecule has 0 aromatic rings. The molecule has 0 radical (unpaired) electrons. The van der Waals surface area contributed by atoms with Gasteiger partial charge < -0.3 is 5.11 Å². The summed E-state index contributed by atoms with van der Waals surface area (Å²) in [5.74, 6) is 2.50. The van der Waals surface area contributed by atoms with Crippen molar-refractivity contribution in [3.63, 3.8) is 0 Å². The van der Waals surface area contributed by atoms with Crippen molar-refractivity contribution in [3.8, 4) is 0 Å². The van der Waals surface area contributed by atoms with Crippen LogP contribution in [0.3, 0.4) is 0 Å². The minimum Gasteiger partial charge on any atom is -0.390 e. The fourth-order valence-corrected chi connectivity index (χ4v) is 4.74. The monoisotopic (exact) mass is 224 g/mol. The zero-order chi connectivity index (χ0) is 12.0. The van der Waals surface area contributed by atoms with E-state index >= 15 is 0 Å². The zero-order valence-electron chi connectivity index (χ0n) is 11.4. The highest BCUT2D eigenvalue weighted by Gasteiger charge is 2.52. The van der Waals surface area contributed by atoms with Gasteiger partial charge in [-0.25, -0.2) is 0 Å². The van der Waals surface area contributed by atoms with E-state index in [9.17, 15) is 5.11 Å². The molecular weight excluding hydrogens is 196 g/mol. The molecule has 2 aliphatic rings. The minimum absolute atomic E-state index is 0.224. The minimum atomic E-state index is -0.450. The third kappa shape index (κ3) is 1.92. The molecule has 0 amide bonds. The summed E-state index contributed by atoms with van der Waals surface area (Å²) in [7, 11) is 0.